The van der Waals surface area contributed by atoms with Gasteiger partial charge in [0.25, 0.3) is 0 Å². The third-order valence-electron chi connectivity index (χ3n) is 3.12. The number of benzene rings is 1. The van der Waals surface area contributed by atoms with E-state index in [9.17, 15) is 4.79 Å². The Balaban J connectivity index is 1.69. The van der Waals surface area contributed by atoms with Crippen LogP contribution >= 0.6 is 0 Å². The lowest BCUT2D eigenvalue weighted by Crippen LogP contribution is -2.45. The standard InChI is InChI=1S/C15H22N2O4/c1-11-7-16-8-14(21-11)9-20-10-15(18)17-12-4-3-5-13(6-12)19-2/h3-6,11,14,16H,7-10H2,1-2H3,(H,17,18). The van der Waals surface area contributed by atoms with Crippen molar-refractivity contribution >= 4 is 11.6 Å². The van der Waals surface area contributed by atoms with Crippen LogP contribution in [0.1, 0.15) is 6.92 Å². The first-order chi connectivity index (χ1) is 10.2. The Hall–Kier alpha value is -1.63. The molecule has 1 saturated heterocycles. The maximum Gasteiger partial charge on any atom is 0.250 e. The zero-order valence-corrected chi connectivity index (χ0v) is 12.4. The largest absolute Gasteiger partial charge is 0.497 e. The van der Waals surface area contributed by atoms with Crippen molar-refractivity contribution in [1.29, 1.82) is 0 Å². The van der Waals surface area contributed by atoms with Crippen molar-refractivity contribution in [3.05, 3.63) is 24.3 Å². The monoisotopic (exact) mass is 294 g/mol. The van der Waals surface area contributed by atoms with Gasteiger partial charge in [-0.2, -0.15) is 0 Å². The zero-order chi connectivity index (χ0) is 15.1. The van der Waals surface area contributed by atoms with Gasteiger partial charge in [-0.3, -0.25) is 4.79 Å². The number of hydrogen-bond acceptors (Lipinski definition) is 5. The van der Waals surface area contributed by atoms with Gasteiger partial charge in [0, 0.05) is 24.8 Å². The Morgan fingerprint density at radius 3 is 3.10 bits per heavy atom. The highest BCUT2D eigenvalue weighted by molar-refractivity contribution is 5.91. The van der Waals surface area contributed by atoms with Crippen molar-refractivity contribution < 1.29 is 19.0 Å². The number of hydrogen-bond donors (Lipinski definition) is 2. The van der Waals surface area contributed by atoms with E-state index in [2.05, 4.69) is 10.6 Å². The number of carbonyl (C=O) groups excluding carboxylic acids is 1. The van der Waals surface area contributed by atoms with E-state index in [0.29, 0.717) is 18.0 Å². The van der Waals surface area contributed by atoms with E-state index in [4.69, 9.17) is 14.2 Å². The molecule has 0 aliphatic carbocycles. The van der Waals surface area contributed by atoms with Crippen LogP contribution < -0.4 is 15.4 Å². The van der Waals surface area contributed by atoms with E-state index in [1.54, 1.807) is 19.2 Å². The summed E-state index contributed by atoms with van der Waals surface area (Å²) in [6.07, 6.45) is 0.177. The van der Waals surface area contributed by atoms with Crippen molar-refractivity contribution in [1.82, 2.24) is 5.32 Å². The van der Waals surface area contributed by atoms with Crippen molar-refractivity contribution in [2.45, 2.75) is 19.1 Å². The molecule has 2 atom stereocenters. The van der Waals surface area contributed by atoms with Crippen molar-refractivity contribution in [2.24, 2.45) is 0 Å². The number of carbonyl (C=O) groups is 1. The first kappa shape index (κ1) is 15.8. The molecule has 0 spiro atoms. The second-order valence-electron chi connectivity index (χ2n) is 5.02. The lowest BCUT2D eigenvalue weighted by molar-refractivity contribution is -0.123. The minimum absolute atomic E-state index is 0.00151. The molecule has 1 heterocycles. The van der Waals surface area contributed by atoms with Crippen LogP contribution in [0, 0.1) is 0 Å². The molecule has 6 heteroatoms. The number of methoxy groups -OCH3 is 1. The van der Waals surface area contributed by atoms with E-state index in [-0.39, 0.29) is 24.7 Å². The summed E-state index contributed by atoms with van der Waals surface area (Å²) in [6.45, 7) is 4.03. The lowest BCUT2D eigenvalue weighted by atomic mass is 10.2. The lowest BCUT2D eigenvalue weighted by Gasteiger charge is -2.28. The summed E-state index contributed by atoms with van der Waals surface area (Å²) in [5, 5.41) is 6.02. The number of nitrogens with one attached hydrogen (secondary N) is 2. The SMILES string of the molecule is COc1cccc(NC(=O)COCC2CNCC(C)O2)c1. The second-order valence-corrected chi connectivity index (χ2v) is 5.02. The van der Waals surface area contributed by atoms with Crippen LogP contribution in [0.3, 0.4) is 0 Å². The number of anilines is 1. The van der Waals surface area contributed by atoms with Gasteiger partial charge in [0.05, 0.1) is 25.9 Å². The summed E-state index contributed by atoms with van der Waals surface area (Å²) in [6, 6.07) is 7.20. The van der Waals surface area contributed by atoms with Crippen molar-refractivity contribution in [2.75, 3.05) is 38.7 Å². The number of rotatable bonds is 6. The van der Waals surface area contributed by atoms with Gasteiger partial charge in [-0.15, -0.1) is 0 Å². The summed E-state index contributed by atoms with van der Waals surface area (Å²) in [5.41, 5.74) is 0.687. The van der Waals surface area contributed by atoms with Crippen molar-refractivity contribution in [3.8, 4) is 5.75 Å². The molecule has 1 aliphatic heterocycles. The summed E-state index contributed by atoms with van der Waals surface area (Å²) >= 11 is 0. The molecule has 1 aromatic carbocycles. The minimum atomic E-state index is -0.194. The van der Waals surface area contributed by atoms with Crippen molar-refractivity contribution in [3.63, 3.8) is 0 Å². The van der Waals surface area contributed by atoms with Crippen LogP contribution in [-0.4, -0.2) is 51.5 Å². The number of morpholine rings is 1. The highest BCUT2D eigenvalue weighted by Gasteiger charge is 2.19. The van der Waals surface area contributed by atoms with Crippen LogP contribution in [0.15, 0.2) is 24.3 Å². The summed E-state index contributed by atoms with van der Waals surface area (Å²) < 4.78 is 16.2. The molecule has 0 bridgehead atoms. The first-order valence-electron chi connectivity index (χ1n) is 7.05. The normalized spacial score (nSPS) is 21.8. The van der Waals surface area contributed by atoms with Gasteiger partial charge >= 0.3 is 0 Å². The molecule has 0 saturated carbocycles. The van der Waals surface area contributed by atoms with E-state index < -0.39 is 0 Å². The molecule has 1 amide bonds. The van der Waals surface area contributed by atoms with Crippen LogP contribution in [-0.2, 0) is 14.3 Å². The maximum atomic E-state index is 11.8. The van der Waals surface area contributed by atoms with E-state index >= 15 is 0 Å². The molecule has 1 fully saturated rings. The molecule has 21 heavy (non-hydrogen) atoms. The molecule has 1 aliphatic rings. The molecule has 2 unspecified atom stereocenters. The Morgan fingerprint density at radius 1 is 1.48 bits per heavy atom. The van der Waals surface area contributed by atoms with E-state index in [1.807, 2.05) is 19.1 Å². The molecule has 2 rings (SSSR count). The fraction of sp³-hybridized carbons (Fsp3) is 0.533. The Labute approximate surface area is 124 Å². The molecule has 1 aromatic rings. The average Bonchev–Trinajstić information content (AvgIpc) is 2.47. The second kappa shape index (κ2) is 7.97. The molecule has 2 N–H and O–H groups in total. The summed E-state index contributed by atoms with van der Waals surface area (Å²) in [7, 11) is 1.59. The molecule has 0 aromatic heterocycles. The molecular formula is C15H22N2O4. The van der Waals surface area contributed by atoms with Gasteiger partial charge in [0.1, 0.15) is 12.4 Å². The van der Waals surface area contributed by atoms with Gasteiger partial charge in [-0.25, -0.2) is 0 Å². The number of amides is 1. The zero-order valence-electron chi connectivity index (χ0n) is 12.4. The molecule has 0 radical (unpaired) electrons. The van der Waals surface area contributed by atoms with Gasteiger partial charge in [0.15, 0.2) is 0 Å². The van der Waals surface area contributed by atoms with Gasteiger partial charge in [-0.05, 0) is 19.1 Å². The smallest absolute Gasteiger partial charge is 0.250 e. The predicted molar refractivity (Wildman–Crippen MR) is 79.6 cm³/mol. The van der Waals surface area contributed by atoms with E-state index in [0.717, 1.165) is 13.1 Å². The van der Waals surface area contributed by atoms with Gasteiger partial charge in [0.2, 0.25) is 5.91 Å². The highest BCUT2D eigenvalue weighted by atomic mass is 16.5. The van der Waals surface area contributed by atoms with Gasteiger partial charge < -0.3 is 24.8 Å². The quantitative estimate of drug-likeness (QED) is 0.820. The topological polar surface area (TPSA) is 68.8 Å². The Bertz CT molecular complexity index is 467. The third kappa shape index (κ3) is 5.34. The van der Waals surface area contributed by atoms with Crippen LogP contribution in [0.5, 0.6) is 5.75 Å². The van der Waals surface area contributed by atoms with Crippen LogP contribution in [0.4, 0.5) is 5.69 Å². The minimum Gasteiger partial charge on any atom is -0.497 e. The van der Waals surface area contributed by atoms with Crippen LogP contribution in [0.25, 0.3) is 0 Å². The molecule has 116 valence electrons. The fourth-order valence-electron chi connectivity index (χ4n) is 2.15. The number of ether oxygens (including phenoxy) is 3. The van der Waals surface area contributed by atoms with Gasteiger partial charge in [-0.1, -0.05) is 6.07 Å². The molecule has 6 nitrogen and oxygen atoms in total. The van der Waals surface area contributed by atoms with E-state index in [1.165, 1.54) is 0 Å². The summed E-state index contributed by atoms with van der Waals surface area (Å²) in [4.78, 5) is 11.8. The fourth-order valence-corrected chi connectivity index (χ4v) is 2.15. The Kier molecular flexibility index (Phi) is 5.98. The maximum absolute atomic E-state index is 11.8. The third-order valence-corrected chi connectivity index (χ3v) is 3.12. The molecular weight excluding hydrogens is 272 g/mol. The summed E-state index contributed by atoms with van der Waals surface area (Å²) in [5.74, 6) is 0.504. The highest BCUT2D eigenvalue weighted by Crippen LogP contribution is 2.16. The average molecular weight is 294 g/mol. The predicted octanol–water partition coefficient (Wildman–Crippen LogP) is 1.03. The Morgan fingerprint density at radius 2 is 2.33 bits per heavy atom. The van der Waals surface area contributed by atoms with Crippen LogP contribution in [0.2, 0.25) is 0 Å². The first-order valence-corrected chi connectivity index (χ1v) is 7.05.